The number of amidine groups is 1. The van der Waals surface area contributed by atoms with E-state index in [-0.39, 0.29) is 24.0 Å². The highest BCUT2D eigenvalue weighted by molar-refractivity contribution is 14.0. The summed E-state index contributed by atoms with van der Waals surface area (Å²) in [5, 5.41) is 5.44. The van der Waals surface area contributed by atoms with Gasteiger partial charge in [0.15, 0.2) is 0 Å². The Hall–Kier alpha value is -1.96. The second-order valence-corrected chi connectivity index (χ2v) is 6.86. The highest BCUT2D eigenvalue weighted by atomic mass is 127. The molecule has 1 aromatic heterocycles. The van der Waals surface area contributed by atoms with Crippen molar-refractivity contribution in [2.24, 2.45) is 10.7 Å². The van der Waals surface area contributed by atoms with Gasteiger partial charge >= 0.3 is 0 Å². The van der Waals surface area contributed by atoms with Gasteiger partial charge in [0.25, 0.3) is 0 Å². The molecule has 0 spiro atoms. The average molecular weight is 489 g/mol. The van der Waals surface area contributed by atoms with E-state index in [0.29, 0.717) is 5.84 Å². The Morgan fingerprint density at radius 1 is 1.00 bits per heavy atom. The highest BCUT2D eigenvalue weighted by Gasteiger charge is 2.00. The van der Waals surface area contributed by atoms with Crippen LogP contribution in [0.2, 0.25) is 0 Å². The first-order chi connectivity index (χ1) is 12.8. The molecule has 140 valence electrons. The second kappa shape index (κ2) is 11.7. The van der Waals surface area contributed by atoms with Crippen LogP contribution in [0.3, 0.4) is 0 Å². The van der Waals surface area contributed by atoms with E-state index >= 15 is 0 Å². The van der Waals surface area contributed by atoms with Crippen LogP contribution in [0.1, 0.15) is 16.0 Å². The number of thiophene rings is 1. The molecule has 0 aliphatic rings. The summed E-state index contributed by atoms with van der Waals surface area (Å²) in [5.41, 5.74) is 9.43. The lowest BCUT2D eigenvalue weighted by molar-refractivity contribution is 0.745. The van der Waals surface area contributed by atoms with E-state index in [2.05, 4.69) is 58.9 Å². The molecule has 0 atom stereocenters. The minimum atomic E-state index is 0. The van der Waals surface area contributed by atoms with Crippen molar-refractivity contribution >= 4 is 52.9 Å². The second-order valence-electron chi connectivity index (χ2n) is 5.91. The number of nitrogens with one attached hydrogen (secondary N) is 1. The van der Waals surface area contributed by atoms with Crippen molar-refractivity contribution in [1.82, 2.24) is 5.32 Å². The molecule has 27 heavy (non-hydrogen) atoms. The van der Waals surface area contributed by atoms with Crippen molar-refractivity contribution in [2.45, 2.75) is 6.42 Å². The van der Waals surface area contributed by atoms with Gasteiger partial charge in [-0.2, -0.15) is 0 Å². The lowest BCUT2D eigenvalue weighted by atomic mass is 10.1. The average Bonchev–Trinajstić information content (AvgIpc) is 3.22. The third kappa shape index (κ3) is 7.28. The summed E-state index contributed by atoms with van der Waals surface area (Å²) in [6, 6.07) is 22.6. The van der Waals surface area contributed by atoms with Crippen molar-refractivity contribution in [2.75, 3.05) is 13.1 Å². The van der Waals surface area contributed by atoms with Crippen LogP contribution in [0, 0.1) is 0 Å². The van der Waals surface area contributed by atoms with E-state index in [9.17, 15) is 0 Å². The van der Waals surface area contributed by atoms with Crippen LogP contribution < -0.4 is 11.1 Å². The maximum absolute atomic E-state index is 6.02. The molecule has 3 nitrogen and oxygen atoms in total. The van der Waals surface area contributed by atoms with Gasteiger partial charge in [0, 0.05) is 6.54 Å². The fourth-order valence-corrected chi connectivity index (χ4v) is 3.16. The fraction of sp³-hybridized carbons (Fsp3) is 0.136. The molecule has 0 unspecified atom stereocenters. The largest absolute Gasteiger partial charge is 0.383 e. The van der Waals surface area contributed by atoms with E-state index in [0.717, 1.165) is 30.1 Å². The predicted molar refractivity (Wildman–Crippen MR) is 129 cm³/mol. The zero-order valence-corrected chi connectivity index (χ0v) is 18.2. The van der Waals surface area contributed by atoms with E-state index in [1.807, 2.05) is 35.7 Å². The van der Waals surface area contributed by atoms with Crippen LogP contribution in [0.25, 0.3) is 6.08 Å². The number of nitrogens with two attached hydrogens (primary N) is 1. The number of halogens is 1. The van der Waals surface area contributed by atoms with E-state index in [1.54, 1.807) is 11.3 Å². The van der Waals surface area contributed by atoms with Crippen LogP contribution in [-0.2, 0) is 6.42 Å². The Labute approximate surface area is 182 Å². The molecule has 3 rings (SSSR count). The first kappa shape index (κ1) is 21.3. The Balaban J connectivity index is 0.00000261. The summed E-state index contributed by atoms with van der Waals surface area (Å²) in [4.78, 5) is 5.47. The van der Waals surface area contributed by atoms with Crippen LogP contribution >= 0.6 is 35.3 Å². The van der Waals surface area contributed by atoms with Crippen molar-refractivity contribution < 1.29 is 0 Å². The minimum Gasteiger partial charge on any atom is -0.383 e. The van der Waals surface area contributed by atoms with Crippen molar-refractivity contribution in [3.63, 3.8) is 0 Å². The molecule has 0 bridgehead atoms. The van der Waals surface area contributed by atoms with E-state index in [1.165, 1.54) is 11.1 Å². The summed E-state index contributed by atoms with van der Waals surface area (Å²) in [5.74, 6) is 0.569. The molecule has 0 aliphatic heterocycles. The molecule has 0 saturated carbocycles. The van der Waals surface area contributed by atoms with Crippen LogP contribution in [0.5, 0.6) is 0 Å². The topological polar surface area (TPSA) is 50.4 Å². The number of aliphatic imine (C=N–C) groups is 1. The molecular formula is C22H24IN3S. The van der Waals surface area contributed by atoms with Gasteiger partial charge in [0.2, 0.25) is 0 Å². The molecule has 0 fully saturated rings. The van der Waals surface area contributed by atoms with Crippen LogP contribution in [0.4, 0.5) is 5.69 Å². The zero-order chi connectivity index (χ0) is 18.0. The summed E-state index contributed by atoms with van der Waals surface area (Å²) in [6.07, 6.45) is 5.28. The third-order valence-electron chi connectivity index (χ3n) is 3.92. The molecule has 3 N–H and O–H groups in total. The maximum atomic E-state index is 6.02. The Bertz CT molecular complexity index is 841. The minimum absolute atomic E-state index is 0. The van der Waals surface area contributed by atoms with E-state index in [4.69, 9.17) is 5.73 Å². The molecule has 0 saturated heterocycles. The van der Waals surface area contributed by atoms with Crippen LogP contribution in [-0.4, -0.2) is 18.9 Å². The first-order valence-electron chi connectivity index (χ1n) is 8.70. The molecule has 2 aromatic carbocycles. The molecule has 0 amide bonds. The van der Waals surface area contributed by atoms with Crippen molar-refractivity contribution in [3.05, 3.63) is 94.2 Å². The third-order valence-corrected chi connectivity index (χ3v) is 4.81. The molecule has 0 aliphatic carbocycles. The normalized spacial score (nSPS) is 11.5. The first-order valence-corrected chi connectivity index (χ1v) is 9.58. The number of benzene rings is 2. The molecule has 3 aromatic rings. The number of nitrogens with zero attached hydrogens (tertiary/aromatic N) is 1. The monoisotopic (exact) mass is 489 g/mol. The Morgan fingerprint density at radius 3 is 2.48 bits per heavy atom. The molecule has 5 heteroatoms. The smallest absolute Gasteiger partial charge is 0.141 e. The molecular weight excluding hydrogens is 465 g/mol. The summed E-state index contributed by atoms with van der Waals surface area (Å²) in [6.45, 7) is 1.81. The standard InChI is InChI=1S/C22H23N3S.HI/c23-22(21-9-5-17-26-21)25-20-12-10-19(11-13-20)14-16-24-15-4-8-18-6-2-1-3-7-18;/h1-13,17,24H,14-16H2,(H2,23,25);1H/b8-4+;. The van der Waals surface area contributed by atoms with Crippen LogP contribution in [0.15, 0.2) is 83.2 Å². The lowest BCUT2D eigenvalue weighted by Gasteiger charge is -2.04. The van der Waals surface area contributed by atoms with Crippen molar-refractivity contribution in [3.8, 4) is 0 Å². The summed E-state index contributed by atoms with van der Waals surface area (Å²) < 4.78 is 0. The van der Waals surface area contributed by atoms with Gasteiger partial charge in [0.05, 0.1) is 10.6 Å². The molecule has 0 radical (unpaired) electrons. The SMILES string of the molecule is I.NC(=Nc1ccc(CCNC/C=C/c2ccccc2)cc1)c1cccs1. The Kier molecular flexibility index (Phi) is 9.24. The number of rotatable bonds is 8. The van der Waals surface area contributed by atoms with E-state index < -0.39 is 0 Å². The van der Waals surface area contributed by atoms with Gasteiger partial charge < -0.3 is 11.1 Å². The van der Waals surface area contributed by atoms with Crippen molar-refractivity contribution in [1.29, 1.82) is 0 Å². The maximum Gasteiger partial charge on any atom is 0.141 e. The van der Waals surface area contributed by atoms with Gasteiger partial charge in [-0.3, -0.25) is 0 Å². The van der Waals surface area contributed by atoms with Gasteiger partial charge in [0.1, 0.15) is 5.84 Å². The fourth-order valence-electron chi connectivity index (χ4n) is 2.53. The zero-order valence-electron chi connectivity index (χ0n) is 15.0. The van der Waals surface area contributed by atoms with Gasteiger partial charge in [-0.1, -0.05) is 60.7 Å². The highest BCUT2D eigenvalue weighted by Crippen LogP contribution is 2.16. The lowest BCUT2D eigenvalue weighted by Crippen LogP contribution is -2.16. The molecule has 1 heterocycles. The predicted octanol–water partition coefficient (Wildman–Crippen LogP) is 5.25. The summed E-state index contributed by atoms with van der Waals surface area (Å²) in [7, 11) is 0. The number of hydrogen-bond donors (Lipinski definition) is 2. The number of hydrogen-bond acceptors (Lipinski definition) is 3. The summed E-state index contributed by atoms with van der Waals surface area (Å²) >= 11 is 1.60. The van der Waals surface area contributed by atoms with Gasteiger partial charge in [-0.15, -0.1) is 35.3 Å². The van der Waals surface area contributed by atoms with Gasteiger partial charge in [-0.05, 0) is 47.7 Å². The van der Waals surface area contributed by atoms with Gasteiger partial charge in [-0.25, -0.2) is 4.99 Å². The Morgan fingerprint density at radius 2 is 1.78 bits per heavy atom. The quantitative estimate of drug-likeness (QED) is 0.197.